The van der Waals surface area contributed by atoms with Crippen LogP contribution in [0.5, 0.6) is 0 Å². The van der Waals surface area contributed by atoms with Crippen LogP contribution < -0.4 is 5.32 Å². The summed E-state index contributed by atoms with van der Waals surface area (Å²) in [6.45, 7) is 1.97. The predicted octanol–water partition coefficient (Wildman–Crippen LogP) is 2.96. The summed E-state index contributed by atoms with van der Waals surface area (Å²) in [5.74, 6) is -0.828. The molecule has 90 valence electrons. The Morgan fingerprint density at radius 2 is 2.29 bits per heavy atom. The maximum atomic E-state index is 11.0. The smallest absolute Gasteiger partial charge is 0.326 e. The van der Waals surface area contributed by atoms with Gasteiger partial charge < -0.3 is 10.4 Å². The SMILES string of the molecule is CCCC(Nc1nc2ccccc2s1)C(=O)O. The molecular weight excluding hydrogens is 236 g/mol. The summed E-state index contributed by atoms with van der Waals surface area (Å²) in [4.78, 5) is 15.4. The Labute approximate surface area is 103 Å². The summed E-state index contributed by atoms with van der Waals surface area (Å²) in [6, 6.07) is 7.22. The van der Waals surface area contributed by atoms with Crippen molar-refractivity contribution in [3.8, 4) is 0 Å². The van der Waals surface area contributed by atoms with E-state index in [9.17, 15) is 4.79 Å². The lowest BCUT2D eigenvalue weighted by molar-refractivity contribution is -0.138. The topological polar surface area (TPSA) is 62.2 Å². The zero-order chi connectivity index (χ0) is 12.3. The van der Waals surface area contributed by atoms with Gasteiger partial charge >= 0.3 is 5.97 Å². The minimum Gasteiger partial charge on any atom is -0.480 e. The molecule has 17 heavy (non-hydrogen) atoms. The number of carboxylic acid groups (broad SMARTS) is 1. The minimum absolute atomic E-state index is 0.555. The average molecular weight is 250 g/mol. The summed E-state index contributed by atoms with van der Waals surface area (Å²) >= 11 is 1.48. The lowest BCUT2D eigenvalue weighted by Crippen LogP contribution is -2.28. The zero-order valence-electron chi connectivity index (χ0n) is 9.51. The lowest BCUT2D eigenvalue weighted by Gasteiger charge is -2.11. The highest BCUT2D eigenvalue weighted by molar-refractivity contribution is 7.22. The van der Waals surface area contributed by atoms with Gasteiger partial charge in [-0.15, -0.1) is 0 Å². The van der Waals surface area contributed by atoms with E-state index >= 15 is 0 Å². The fraction of sp³-hybridized carbons (Fsp3) is 0.333. The summed E-state index contributed by atoms with van der Waals surface area (Å²) in [5, 5.41) is 12.7. The van der Waals surface area contributed by atoms with Crippen molar-refractivity contribution >= 4 is 32.7 Å². The number of rotatable bonds is 5. The first kappa shape index (κ1) is 11.9. The fourth-order valence-electron chi connectivity index (χ4n) is 1.63. The third-order valence-corrected chi connectivity index (χ3v) is 3.43. The highest BCUT2D eigenvalue weighted by Gasteiger charge is 2.17. The highest BCUT2D eigenvalue weighted by atomic mass is 32.1. The van der Waals surface area contributed by atoms with Crippen LogP contribution in [-0.2, 0) is 4.79 Å². The van der Waals surface area contributed by atoms with E-state index in [4.69, 9.17) is 5.11 Å². The lowest BCUT2D eigenvalue weighted by atomic mass is 10.2. The molecule has 2 N–H and O–H groups in total. The summed E-state index contributed by atoms with van der Waals surface area (Å²) in [7, 11) is 0. The third-order valence-electron chi connectivity index (χ3n) is 2.47. The van der Waals surface area contributed by atoms with E-state index in [1.54, 1.807) is 0 Å². The molecule has 4 nitrogen and oxygen atoms in total. The summed E-state index contributed by atoms with van der Waals surface area (Å²) < 4.78 is 1.07. The standard InChI is InChI=1S/C12H14N2O2S/c1-2-5-9(11(15)16)14-12-13-8-6-3-4-7-10(8)17-12/h3-4,6-7,9H,2,5H2,1H3,(H,13,14)(H,15,16). The molecule has 5 heteroatoms. The van der Waals surface area contributed by atoms with E-state index in [0.29, 0.717) is 11.6 Å². The van der Waals surface area contributed by atoms with Crippen molar-refractivity contribution in [2.75, 3.05) is 5.32 Å². The molecule has 0 bridgehead atoms. The van der Waals surface area contributed by atoms with Gasteiger partial charge in [-0.1, -0.05) is 36.8 Å². The predicted molar refractivity (Wildman–Crippen MR) is 69.6 cm³/mol. The number of carboxylic acids is 1. The molecule has 0 saturated heterocycles. The van der Waals surface area contributed by atoms with Crippen molar-refractivity contribution in [1.29, 1.82) is 0 Å². The molecule has 0 amide bonds. The molecular formula is C12H14N2O2S. The molecule has 0 saturated carbocycles. The number of hydrogen-bond acceptors (Lipinski definition) is 4. The number of carbonyl (C=O) groups is 1. The number of aromatic nitrogens is 1. The number of nitrogens with one attached hydrogen (secondary N) is 1. The monoisotopic (exact) mass is 250 g/mol. The van der Waals surface area contributed by atoms with Gasteiger partial charge in [0.15, 0.2) is 5.13 Å². The molecule has 0 radical (unpaired) electrons. The average Bonchev–Trinajstić information content (AvgIpc) is 2.70. The van der Waals surface area contributed by atoms with Crippen molar-refractivity contribution in [2.45, 2.75) is 25.8 Å². The van der Waals surface area contributed by atoms with Crippen molar-refractivity contribution in [3.63, 3.8) is 0 Å². The Hall–Kier alpha value is -1.62. The van der Waals surface area contributed by atoms with E-state index in [0.717, 1.165) is 16.6 Å². The van der Waals surface area contributed by atoms with Crippen molar-refractivity contribution in [2.24, 2.45) is 0 Å². The number of hydrogen-bond donors (Lipinski definition) is 2. The van der Waals surface area contributed by atoms with Gasteiger partial charge in [0.2, 0.25) is 0 Å². The Balaban J connectivity index is 2.19. The molecule has 1 unspecified atom stereocenters. The second-order valence-corrected chi connectivity index (χ2v) is 4.84. The van der Waals surface area contributed by atoms with Crippen LogP contribution in [0.25, 0.3) is 10.2 Å². The normalized spacial score (nSPS) is 12.5. The maximum Gasteiger partial charge on any atom is 0.326 e. The molecule has 0 aliphatic carbocycles. The van der Waals surface area contributed by atoms with Gasteiger partial charge in [-0.3, -0.25) is 0 Å². The Kier molecular flexibility index (Phi) is 3.58. The van der Waals surface area contributed by atoms with E-state index in [1.807, 2.05) is 31.2 Å². The van der Waals surface area contributed by atoms with Crippen LogP contribution in [-0.4, -0.2) is 22.1 Å². The molecule has 0 spiro atoms. The Bertz CT molecular complexity index is 491. The largest absolute Gasteiger partial charge is 0.480 e. The molecule has 1 aromatic heterocycles. The number of benzene rings is 1. The minimum atomic E-state index is -0.828. The highest BCUT2D eigenvalue weighted by Crippen LogP contribution is 2.26. The quantitative estimate of drug-likeness (QED) is 0.856. The van der Waals surface area contributed by atoms with Crippen LogP contribution in [0.1, 0.15) is 19.8 Å². The Morgan fingerprint density at radius 1 is 1.53 bits per heavy atom. The van der Waals surface area contributed by atoms with Gasteiger partial charge in [-0.2, -0.15) is 0 Å². The van der Waals surface area contributed by atoms with E-state index < -0.39 is 12.0 Å². The van der Waals surface area contributed by atoms with Crippen molar-refractivity contribution < 1.29 is 9.90 Å². The maximum absolute atomic E-state index is 11.0. The third kappa shape index (κ3) is 2.74. The van der Waals surface area contributed by atoms with Crippen LogP contribution >= 0.6 is 11.3 Å². The number of anilines is 1. The molecule has 0 aliphatic rings. The first-order chi connectivity index (χ1) is 8.20. The number of para-hydroxylation sites is 1. The molecule has 1 heterocycles. The van der Waals surface area contributed by atoms with Crippen LogP contribution in [0.4, 0.5) is 5.13 Å². The summed E-state index contributed by atoms with van der Waals surface area (Å²) in [5.41, 5.74) is 0.903. The number of thiazole rings is 1. The van der Waals surface area contributed by atoms with Gasteiger partial charge in [0.1, 0.15) is 6.04 Å². The number of nitrogens with zero attached hydrogens (tertiary/aromatic N) is 1. The van der Waals surface area contributed by atoms with Crippen molar-refractivity contribution in [3.05, 3.63) is 24.3 Å². The zero-order valence-corrected chi connectivity index (χ0v) is 10.3. The van der Waals surface area contributed by atoms with Gasteiger partial charge in [0.25, 0.3) is 0 Å². The summed E-state index contributed by atoms with van der Waals surface area (Å²) in [6.07, 6.45) is 1.43. The molecule has 0 fully saturated rings. The van der Waals surface area contributed by atoms with Gasteiger partial charge in [0.05, 0.1) is 10.2 Å². The number of aliphatic carboxylic acids is 1. The van der Waals surface area contributed by atoms with Gasteiger partial charge in [0, 0.05) is 0 Å². The van der Waals surface area contributed by atoms with E-state index in [-0.39, 0.29) is 0 Å². The number of fused-ring (bicyclic) bond motifs is 1. The molecule has 2 rings (SSSR count). The second-order valence-electron chi connectivity index (χ2n) is 3.81. The van der Waals surface area contributed by atoms with Crippen LogP contribution in [0.2, 0.25) is 0 Å². The molecule has 1 atom stereocenters. The van der Waals surface area contributed by atoms with Crippen LogP contribution in [0.3, 0.4) is 0 Å². The van der Waals surface area contributed by atoms with Gasteiger partial charge in [-0.05, 0) is 18.6 Å². The molecule has 1 aromatic carbocycles. The van der Waals surface area contributed by atoms with Crippen LogP contribution in [0.15, 0.2) is 24.3 Å². The molecule has 2 aromatic rings. The first-order valence-corrected chi connectivity index (χ1v) is 6.37. The second kappa shape index (κ2) is 5.14. The van der Waals surface area contributed by atoms with Crippen molar-refractivity contribution in [1.82, 2.24) is 4.98 Å². The van der Waals surface area contributed by atoms with Crippen LogP contribution in [0, 0.1) is 0 Å². The first-order valence-electron chi connectivity index (χ1n) is 5.55. The fourth-order valence-corrected chi connectivity index (χ4v) is 2.55. The van der Waals surface area contributed by atoms with Gasteiger partial charge in [-0.25, -0.2) is 9.78 Å². The van der Waals surface area contributed by atoms with E-state index in [2.05, 4.69) is 10.3 Å². The molecule has 0 aliphatic heterocycles. The van der Waals surface area contributed by atoms with E-state index in [1.165, 1.54) is 11.3 Å². The Morgan fingerprint density at radius 3 is 2.94 bits per heavy atom.